The summed E-state index contributed by atoms with van der Waals surface area (Å²) >= 11 is 1.79. The molecule has 78 valence electrons. The number of nitrogens with two attached hydrogens (primary N) is 1. The highest BCUT2D eigenvalue weighted by Crippen LogP contribution is 2.20. The van der Waals surface area contributed by atoms with Gasteiger partial charge in [0.05, 0.1) is 10.7 Å². The van der Waals surface area contributed by atoms with Gasteiger partial charge in [0.1, 0.15) is 0 Å². The Labute approximate surface area is 88.7 Å². The van der Waals surface area contributed by atoms with Crippen molar-refractivity contribution in [2.24, 2.45) is 5.73 Å². The minimum Gasteiger partial charge on any atom is -0.328 e. The highest BCUT2D eigenvalue weighted by molar-refractivity contribution is 7.11. The summed E-state index contributed by atoms with van der Waals surface area (Å²) in [5, 5.41) is 4.67. The number of thiazole rings is 1. The van der Waals surface area contributed by atoms with Crippen LogP contribution in [0.25, 0.3) is 0 Å². The molecule has 1 saturated carbocycles. The van der Waals surface area contributed by atoms with Gasteiger partial charge in [-0.15, -0.1) is 11.3 Å². The minimum atomic E-state index is 0.428. The van der Waals surface area contributed by atoms with E-state index in [1.54, 1.807) is 11.3 Å². The Morgan fingerprint density at radius 1 is 1.50 bits per heavy atom. The molecule has 2 rings (SSSR count). The molecule has 1 aliphatic rings. The van der Waals surface area contributed by atoms with Gasteiger partial charge in [0.2, 0.25) is 0 Å². The molecule has 0 amide bonds. The molecule has 0 saturated heterocycles. The molecule has 0 spiro atoms. The Morgan fingerprint density at radius 2 is 2.21 bits per heavy atom. The van der Waals surface area contributed by atoms with Crippen LogP contribution in [-0.4, -0.2) is 17.1 Å². The van der Waals surface area contributed by atoms with Gasteiger partial charge in [0.15, 0.2) is 0 Å². The lowest BCUT2D eigenvalue weighted by Crippen LogP contribution is -2.48. The van der Waals surface area contributed by atoms with Gasteiger partial charge in [0.25, 0.3) is 0 Å². The highest BCUT2D eigenvalue weighted by Gasteiger charge is 2.25. The molecule has 1 aliphatic carbocycles. The van der Waals surface area contributed by atoms with E-state index in [0.717, 1.165) is 24.4 Å². The zero-order valence-corrected chi connectivity index (χ0v) is 9.53. The Morgan fingerprint density at radius 3 is 2.71 bits per heavy atom. The summed E-state index contributed by atoms with van der Waals surface area (Å²) in [5.74, 6) is 0. The summed E-state index contributed by atoms with van der Waals surface area (Å²) in [7, 11) is 0. The number of nitrogens with zero attached hydrogens (tertiary/aromatic N) is 1. The molecule has 0 atom stereocenters. The Kier molecular flexibility index (Phi) is 2.85. The van der Waals surface area contributed by atoms with Crippen LogP contribution in [0.1, 0.15) is 28.4 Å². The fraction of sp³-hybridized carbons (Fsp3) is 0.700. The van der Waals surface area contributed by atoms with E-state index in [1.807, 2.05) is 0 Å². The molecule has 14 heavy (non-hydrogen) atoms. The lowest BCUT2D eigenvalue weighted by Gasteiger charge is -2.33. The average Bonchev–Trinajstić information content (AvgIpc) is 2.37. The Bertz CT molecular complexity index is 315. The van der Waals surface area contributed by atoms with E-state index < -0.39 is 0 Å². The third-order valence-electron chi connectivity index (χ3n) is 2.73. The van der Waals surface area contributed by atoms with Crippen LogP contribution >= 0.6 is 11.3 Å². The molecule has 0 radical (unpaired) electrons. The number of rotatable bonds is 3. The van der Waals surface area contributed by atoms with E-state index >= 15 is 0 Å². The van der Waals surface area contributed by atoms with Gasteiger partial charge in [0, 0.05) is 23.5 Å². The SMILES string of the molecule is Cc1nc(C)c(CNC2CC(N)C2)s1. The molecule has 3 N–H and O–H groups in total. The van der Waals surface area contributed by atoms with Crippen molar-refractivity contribution in [3.8, 4) is 0 Å². The second-order valence-corrected chi connectivity index (χ2v) is 5.34. The molecule has 0 aliphatic heterocycles. The number of aromatic nitrogens is 1. The van der Waals surface area contributed by atoms with Crippen molar-refractivity contribution in [2.75, 3.05) is 0 Å². The second-order valence-electron chi connectivity index (χ2n) is 4.05. The van der Waals surface area contributed by atoms with Crippen LogP contribution in [0.3, 0.4) is 0 Å². The fourth-order valence-electron chi connectivity index (χ4n) is 1.80. The number of nitrogens with one attached hydrogen (secondary N) is 1. The van der Waals surface area contributed by atoms with Gasteiger partial charge < -0.3 is 11.1 Å². The molecule has 0 bridgehead atoms. The highest BCUT2D eigenvalue weighted by atomic mass is 32.1. The van der Waals surface area contributed by atoms with Crippen LogP contribution < -0.4 is 11.1 Å². The molecular weight excluding hydrogens is 194 g/mol. The summed E-state index contributed by atoms with van der Waals surface area (Å²) in [4.78, 5) is 5.77. The first-order valence-electron chi connectivity index (χ1n) is 5.07. The number of hydrogen-bond acceptors (Lipinski definition) is 4. The number of aryl methyl sites for hydroxylation is 2. The van der Waals surface area contributed by atoms with Crippen molar-refractivity contribution in [2.45, 2.75) is 45.3 Å². The predicted molar refractivity (Wildman–Crippen MR) is 59.4 cm³/mol. The lowest BCUT2D eigenvalue weighted by atomic mass is 9.88. The summed E-state index contributed by atoms with van der Waals surface area (Å²) in [6, 6.07) is 1.06. The molecule has 1 aromatic heterocycles. The average molecular weight is 211 g/mol. The van der Waals surface area contributed by atoms with Crippen molar-refractivity contribution in [1.29, 1.82) is 0 Å². The van der Waals surface area contributed by atoms with Crippen molar-refractivity contribution < 1.29 is 0 Å². The Balaban J connectivity index is 1.83. The molecule has 1 aromatic rings. The monoisotopic (exact) mass is 211 g/mol. The van der Waals surface area contributed by atoms with Crippen molar-refractivity contribution in [3.63, 3.8) is 0 Å². The normalized spacial score (nSPS) is 26.2. The van der Waals surface area contributed by atoms with E-state index in [9.17, 15) is 0 Å². The fourth-order valence-corrected chi connectivity index (χ4v) is 2.69. The summed E-state index contributed by atoms with van der Waals surface area (Å²) in [5.41, 5.74) is 6.89. The molecular formula is C10H17N3S. The molecule has 0 aromatic carbocycles. The van der Waals surface area contributed by atoms with E-state index in [0.29, 0.717) is 12.1 Å². The van der Waals surface area contributed by atoms with Gasteiger partial charge in [-0.3, -0.25) is 0 Å². The van der Waals surface area contributed by atoms with Crippen LogP contribution in [0.4, 0.5) is 0 Å². The number of hydrogen-bond donors (Lipinski definition) is 2. The topological polar surface area (TPSA) is 50.9 Å². The van der Waals surface area contributed by atoms with Crippen LogP contribution in [0.5, 0.6) is 0 Å². The van der Waals surface area contributed by atoms with Crippen molar-refractivity contribution in [1.82, 2.24) is 10.3 Å². The second kappa shape index (κ2) is 3.96. The Hall–Kier alpha value is -0.450. The summed E-state index contributed by atoms with van der Waals surface area (Å²) in [6.45, 7) is 5.09. The zero-order chi connectivity index (χ0) is 10.1. The summed E-state index contributed by atoms with van der Waals surface area (Å²) in [6.07, 6.45) is 2.24. The van der Waals surface area contributed by atoms with E-state index in [2.05, 4.69) is 24.1 Å². The van der Waals surface area contributed by atoms with Crippen molar-refractivity contribution in [3.05, 3.63) is 15.6 Å². The maximum absolute atomic E-state index is 5.72. The first-order valence-corrected chi connectivity index (χ1v) is 5.88. The van der Waals surface area contributed by atoms with Crippen LogP contribution in [0, 0.1) is 13.8 Å². The third kappa shape index (κ3) is 2.13. The first kappa shape index (κ1) is 10.1. The first-order chi connectivity index (χ1) is 6.65. The third-order valence-corrected chi connectivity index (χ3v) is 3.80. The molecule has 1 fully saturated rings. The maximum atomic E-state index is 5.72. The smallest absolute Gasteiger partial charge is 0.0900 e. The largest absolute Gasteiger partial charge is 0.328 e. The summed E-state index contributed by atoms with van der Waals surface area (Å²) < 4.78 is 0. The molecule has 1 heterocycles. The zero-order valence-electron chi connectivity index (χ0n) is 8.71. The van der Waals surface area contributed by atoms with Gasteiger partial charge in [-0.2, -0.15) is 0 Å². The van der Waals surface area contributed by atoms with Crippen LogP contribution in [0.2, 0.25) is 0 Å². The lowest BCUT2D eigenvalue weighted by molar-refractivity contribution is 0.291. The van der Waals surface area contributed by atoms with Gasteiger partial charge in [-0.25, -0.2) is 4.98 Å². The quantitative estimate of drug-likeness (QED) is 0.793. The van der Waals surface area contributed by atoms with Crippen LogP contribution in [0.15, 0.2) is 0 Å². The van der Waals surface area contributed by atoms with Gasteiger partial charge >= 0.3 is 0 Å². The van der Waals surface area contributed by atoms with E-state index in [-0.39, 0.29) is 0 Å². The van der Waals surface area contributed by atoms with Crippen molar-refractivity contribution >= 4 is 11.3 Å². The molecule has 4 heteroatoms. The van der Waals surface area contributed by atoms with Gasteiger partial charge in [-0.1, -0.05) is 0 Å². The van der Waals surface area contributed by atoms with Crippen LogP contribution in [-0.2, 0) is 6.54 Å². The van der Waals surface area contributed by atoms with Gasteiger partial charge in [-0.05, 0) is 26.7 Å². The van der Waals surface area contributed by atoms with E-state index in [1.165, 1.54) is 10.6 Å². The molecule has 0 unspecified atom stereocenters. The predicted octanol–water partition coefficient (Wildman–Crippen LogP) is 1.34. The maximum Gasteiger partial charge on any atom is 0.0900 e. The standard InChI is InChI=1S/C10H17N3S/c1-6-10(14-7(2)13-6)5-12-9-3-8(11)4-9/h8-9,12H,3-5,11H2,1-2H3. The minimum absolute atomic E-state index is 0.428. The molecule has 3 nitrogen and oxygen atoms in total. The van der Waals surface area contributed by atoms with E-state index in [4.69, 9.17) is 5.73 Å².